The third-order valence-electron chi connectivity index (χ3n) is 4.06. The lowest BCUT2D eigenvalue weighted by atomic mass is 10.1. The number of benzene rings is 3. The lowest BCUT2D eigenvalue weighted by Crippen LogP contribution is -2.14. The molecule has 0 aliphatic carbocycles. The van der Waals surface area contributed by atoms with Gasteiger partial charge in [0.15, 0.2) is 9.84 Å². The molecule has 3 aromatic carbocycles. The Morgan fingerprint density at radius 2 is 1.54 bits per heavy atom. The number of fused-ring (bicyclic) bond motifs is 1. The fourth-order valence-electron chi connectivity index (χ4n) is 2.90. The SMILES string of the molecule is C=CCC(c1ccccc1)S(=O)(=O)c1ccc(F)c2ccccc12. The standard InChI is InChI=1S/C20H17FO2S/c1-2-8-19(15-9-4-3-5-10-15)24(22,23)20-14-13-18(21)16-11-6-7-12-17(16)20/h2-7,9-14,19H,1,8H2. The van der Waals surface area contributed by atoms with Gasteiger partial charge in [-0.1, -0.05) is 60.7 Å². The van der Waals surface area contributed by atoms with Crippen molar-refractivity contribution < 1.29 is 12.8 Å². The van der Waals surface area contributed by atoms with Crippen LogP contribution in [0.3, 0.4) is 0 Å². The van der Waals surface area contributed by atoms with Gasteiger partial charge in [0, 0.05) is 10.8 Å². The summed E-state index contributed by atoms with van der Waals surface area (Å²) in [6.07, 6.45) is 1.89. The summed E-state index contributed by atoms with van der Waals surface area (Å²) in [5.74, 6) is -0.426. The molecule has 0 amide bonds. The van der Waals surface area contributed by atoms with E-state index in [1.165, 1.54) is 12.1 Å². The monoisotopic (exact) mass is 340 g/mol. The highest BCUT2D eigenvalue weighted by Crippen LogP contribution is 2.36. The molecule has 0 fully saturated rings. The molecule has 0 aliphatic rings. The molecule has 0 aromatic heterocycles. The summed E-state index contributed by atoms with van der Waals surface area (Å²) < 4.78 is 40.6. The van der Waals surface area contributed by atoms with Crippen LogP contribution in [-0.4, -0.2) is 8.42 Å². The van der Waals surface area contributed by atoms with Crippen molar-refractivity contribution in [3.63, 3.8) is 0 Å². The van der Waals surface area contributed by atoms with Gasteiger partial charge in [-0.2, -0.15) is 0 Å². The normalized spacial score (nSPS) is 12.9. The van der Waals surface area contributed by atoms with Gasteiger partial charge in [-0.3, -0.25) is 0 Å². The van der Waals surface area contributed by atoms with Crippen LogP contribution >= 0.6 is 0 Å². The minimum atomic E-state index is -3.70. The Labute approximate surface area is 141 Å². The van der Waals surface area contributed by atoms with Crippen molar-refractivity contribution >= 4 is 20.6 Å². The second-order valence-electron chi connectivity index (χ2n) is 5.56. The predicted octanol–water partition coefficient (Wildman–Crippen LogP) is 5.07. The molecule has 0 radical (unpaired) electrons. The molecule has 0 saturated heterocycles. The van der Waals surface area contributed by atoms with Crippen molar-refractivity contribution in [1.82, 2.24) is 0 Å². The zero-order valence-corrected chi connectivity index (χ0v) is 13.8. The first kappa shape index (κ1) is 16.4. The summed E-state index contributed by atoms with van der Waals surface area (Å²) in [6, 6.07) is 18.2. The number of allylic oxidation sites excluding steroid dienone is 1. The number of sulfone groups is 1. The van der Waals surface area contributed by atoms with Crippen LogP contribution in [0.1, 0.15) is 17.2 Å². The van der Waals surface area contributed by atoms with Gasteiger partial charge >= 0.3 is 0 Å². The summed E-state index contributed by atoms with van der Waals surface area (Å²) in [5.41, 5.74) is 0.700. The van der Waals surface area contributed by atoms with Gasteiger partial charge in [-0.25, -0.2) is 12.8 Å². The molecule has 1 unspecified atom stereocenters. The van der Waals surface area contributed by atoms with Crippen molar-refractivity contribution in [2.24, 2.45) is 0 Å². The predicted molar refractivity (Wildman–Crippen MR) is 95.1 cm³/mol. The molecular weight excluding hydrogens is 323 g/mol. The molecular formula is C20H17FO2S. The van der Waals surface area contributed by atoms with Crippen LogP contribution in [0.5, 0.6) is 0 Å². The first-order valence-corrected chi connectivity index (χ1v) is 9.17. The topological polar surface area (TPSA) is 34.1 Å². The van der Waals surface area contributed by atoms with Crippen molar-refractivity contribution in [1.29, 1.82) is 0 Å². The van der Waals surface area contributed by atoms with E-state index in [4.69, 9.17) is 0 Å². The van der Waals surface area contributed by atoms with Gasteiger partial charge in [0.2, 0.25) is 0 Å². The third-order valence-corrected chi connectivity index (χ3v) is 6.25. The minimum absolute atomic E-state index is 0.148. The molecule has 122 valence electrons. The summed E-state index contributed by atoms with van der Waals surface area (Å²) >= 11 is 0. The molecule has 3 aromatic rings. The van der Waals surface area contributed by atoms with E-state index in [1.807, 2.05) is 18.2 Å². The van der Waals surface area contributed by atoms with E-state index in [1.54, 1.807) is 42.5 Å². The van der Waals surface area contributed by atoms with Crippen LogP contribution in [0.15, 0.2) is 84.3 Å². The molecule has 0 aliphatic heterocycles. The highest BCUT2D eigenvalue weighted by molar-refractivity contribution is 7.92. The average Bonchev–Trinajstić information content (AvgIpc) is 2.60. The molecule has 2 nitrogen and oxygen atoms in total. The second-order valence-corrected chi connectivity index (χ2v) is 7.66. The van der Waals surface area contributed by atoms with Crippen LogP contribution in [0.2, 0.25) is 0 Å². The Kier molecular flexibility index (Phi) is 4.49. The van der Waals surface area contributed by atoms with Gasteiger partial charge in [-0.15, -0.1) is 6.58 Å². The molecule has 3 rings (SSSR count). The fraction of sp³-hybridized carbons (Fsp3) is 0.100. The maximum absolute atomic E-state index is 14.0. The van der Waals surface area contributed by atoms with E-state index in [0.717, 1.165) is 0 Å². The zero-order valence-electron chi connectivity index (χ0n) is 13.0. The minimum Gasteiger partial charge on any atom is -0.223 e. The second kappa shape index (κ2) is 6.57. The average molecular weight is 340 g/mol. The maximum atomic E-state index is 14.0. The Balaban J connectivity index is 2.23. The van der Waals surface area contributed by atoms with Crippen molar-refractivity contribution in [3.05, 3.63) is 90.8 Å². The highest BCUT2D eigenvalue weighted by Gasteiger charge is 2.29. The Morgan fingerprint density at radius 1 is 0.917 bits per heavy atom. The number of rotatable bonds is 5. The first-order valence-electron chi connectivity index (χ1n) is 7.62. The van der Waals surface area contributed by atoms with E-state index < -0.39 is 20.9 Å². The van der Waals surface area contributed by atoms with Crippen LogP contribution < -0.4 is 0 Å². The molecule has 0 heterocycles. The zero-order chi connectivity index (χ0) is 17.2. The van der Waals surface area contributed by atoms with Gasteiger partial charge in [-0.05, 0) is 24.1 Å². The fourth-order valence-corrected chi connectivity index (χ4v) is 4.85. The quantitative estimate of drug-likeness (QED) is 0.480. The first-order chi connectivity index (χ1) is 11.6. The largest absolute Gasteiger partial charge is 0.223 e. The van der Waals surface area contributed by atoms with Gasteiger partial charge in [0.25, 0.3) is 0 Å². The summed E-state index contributed by atoms with van der Waals surface area (Å²) in [4.78, 5) is 0.148. The Bertz CT molecular complexity index is 979. The summed E-state index contributed by atoms with van der Waals surface area (Å²) in [6.45, 7) is 3.69. The number of halogens is 1. The molecule has 0 bridgehead atoms. The molecule has 1 atom stereocenters. The van der Waals surface area contributed by atoms with E-state index in [-0.39, 0.29) is 11.3 Å². The molecule has 0 spiro atoms. The van der Waals surface area contributed by atoms with E-state index in [2.05, 4.69) is 6.58 Å². The van der Waals surface area contributed by atoms with Crippen molar-refractivity contribution in [3.8, 4) is 0 Å². The van der Waals surface area contributed by atoms with E-state index >= 15 is 0 Å². The third kappa shape index (κ3) is 2.85. The van der Waals surface area contributed by atoms with Crippen molar-refractivity contribution in [2.75, 3.05) is 0 Å². The smallest absolute Gasteiger partial charge is 0.186 e. The summed E-state index contributed by atoms with van der Waals surface area (Å²) in [7, 11) is -3.70. The molecule has 4 heteroatoms. The van der Waals surface area contributed by atoms with Crippen LogP contribution in [-0.2, 0) is 9.84 Å². The van der Waals surface area contributed by atoms with E-state index in [9.17, 15) is 12.8 Å². The Morgan fingerprint density at radius 3 is 2.21 bits per heavy atom. The van der Waals surface area contributed by atoms with Crippen LogP contribution in [0.4, 0.5) is 4.39 Å². The maximum Gasteiger partial charge on any atom is 0.186 e. The van der Waals surface area contributed by atoms with Crippen LogP contribution in [0, 0.1) is 5.82 Å². The number of hydrogen-bond donors (Lipinski definition) is 0. The lowest BCUT2D eigenvalue weighted by Gasteiger charge is -2.18. The molecule has 24 heavy (non-hydrogen) atoms. The number of hydrogen-bond acceptors (Lipinski definition) is 2. The molecule has 0 N–H and O–H groups in total. The van der Waals surface area contributed by atoms with Gasteiger partial charge in [0.05, 0.1) is 10.1 Å². The molecule has 0 saturated carbocycles. The van der Waals surface area contributed by atoms with Gasteiger partial charge in [0.1, 0.15) is 5.82 Å². The summed E-state index contributed by atoms with van der Waals surface area (Å²) in [5, 5.41) is -0.0310. The van der Waals surface area contributed by atoms with Crippen LogP contribution in [0.25, 0.3) is 10.8 Å². The Hall–Kier alpha value is -2.46. The van der Waals surface area contributed by atoms with E-state index in [0.29, 0.717) is 16.3 Å². The van der Waals surface area contributed by atoms with Crippen molar-refractivity contribution in [2.45, 2.75) is 16.6 Å². The lowest BCUT2D eigenvalue weighted by molar-refractivity contribution is 0.582. The highest BCUT2D eigenvalue weighted by atomic mass is 32.2. The van der Waals surface area contributed by atoms with Gasteiger partial charge < -0.3 is 0 Å².